The zero-order valence-electron chi connectivity index (χ0n) is 12.0. The quantitative estimate of drug-likeness (QED) is 0.912. The van der Waals surface area contributed by atoms with Crippen molar-refractivity contribution in [3.63, 3.8) is 0 Å². The Morgan fingerprint density at radius 3 is 2.84 bits per heavy atom. The lowest BCUT2D eigenvalue weighted by Gasteiger charge is -2.39. The van der Waals surface area contributed by atoms with Crippen molar-refractivity contribution in [3.8, 4) is 0 Å². The predicted molar refractivity (Wildman–Crippen MR) is 82.3 cm³/mol. The zero-order chi connectivity index (χ0) is 13.9. The Balaban J connectivity index is 1.94. The molecule has 2 rings (SSSR count). The summed E-state index contributed by atoms with van der Waals surface area (Å²) < 4.78 is 0. The maximum Gasteiger partial charge on any atom is 0.0451 e. The third-order valence-corrected chi connectivity index (χ3v) is 4.48. The Bertz CT molecular complexity index is 421. The second-order valence-corrected chi connectivity index (χ2v) is 6.73. The van der Waals surface area contributed by atoms with Gasteiger partial charge in [-0.05, 0) is 37.4 Å². The highest BCUT2D eigenvalue weighted by Gasteiger charge is 2.31. The SMILES string of the molecule is CC1CCCC(N)(CN(C)Cc2ccccc2Cl)C1. The summed E-state index contributed by atoms with van der Waals surface area (Å²) in [5, 5.41) is 0.845. The molecule has 1 fully saturated rings. The molecule has 1 saturated carbocycles. The molecule has 0 bridgehead atoms. The molecule has 2 N–H and O–H groups in total. The molecule has 1 aliphatic rings. The van der Waals surface area contributed by atoms with Crippen LogP contribution in [0.25, 0.3) is 0 Å². The van der Waals surface area contributed by atoms with Gasteiger partial charge in [-0.3, -0.25) is 0 Å². The van der Waals surface area contributed by atoms with E-state index in [1.807, 2.05) is 18.2 Å². The first kappa shape index (κ1) is 14.8. The largest absolute Gasteiger partial charge is 0.324 e. The van der Waals surface area contributed by atoms with Gasteiger partial charge in [0, 0.05) is 23.7 Å². The lowest BCUT2D eigenvalue weighted by molar-refractivity contribution is 0.165. The van der Waals surface area contributed by atoms with Gasteiger partial charge in [0.1, 0.15) is 0 Å². The van der Waals surface area contributed by atoms with Gasteiger partial charge in [0.05, 0.1) is 0 Å². The molecule has 0 heterocycles. The molecule has 2 unspecified atom stereocenters. The van der Waals surface area contributed by atoms with Gasteiger partial charge >= 0.3 is 0 Å². The van der Waals surface area contributed by atoms with E-state index >= 15 is 0 Å². The summed E-state index contributed by atoms with van der Waals surface area (Å²) in [4.78, 5) is 2.30. The fraction of sp³-hybridized carbons (Fsp3) is 0.625. The third kappa shape index (κ3) is 4.20. The normalized spacial score (nSPS) is 27.7. The van der Waals surface area contributed by atoms with Gasteiger partial charge in [0.2, 0.25) is 0 Å². The first-order valence-electron chi connectivity index (χ1n) is 7.19. The standard InChI is InChI=1S/C16H25ClN2/c1-13-6-5-9-16(18,10-13)12-19(2)11-14-7-3-4-8-15(14)17/h3-4,7-8,13H,5-6,9-12,18H2,1-2H3. The molecule has 0 aromatic heterocycles. The van der Waals surface area contributed by atoms with Crippen LogP contribution in [0.5, 0.6) is 0 Å². The summed E-state index contributed by atoms with van der Waals surface area (Å²) in [6.07, 6.45) is 4.87. The van der Waals surface area contributed by atoms with Crippen LogP contribution in [0.1, 0.15) is 38.2 Å². The van der Waals surface area contributed by atoms with Gasteiger partial charge in [-0.1, -0.05) is 49.6 Å². The van der Waals surface area contributed by atoms with E-state index in [9.17, 15) is 0 Å². The van der Waals surface area contributed by atoms with E-state index in [1.165, 1.54) is 18.4 Å². The molecule has 2 nitrogen and oxygen atoms in total. The van der Waals surface area contributed by atoms with E-state index in [0.717, 1.165) is 36.9 Å². The first-order valence-corrected chi connectivity index (χ1v) is 7.57. The summed E-state index contributed by atoms with van der Waals surface area (Å²) in [7, 11) is 2.14. The fourth-order valence-corrected chi connectivity index (χ4v) is 3.55. The number of hydrogen-bond acceptors (Lipinski definition) is 2. The van der Waals surface area contributed by atoms with Crippen LogP contribution in [0.4, 0.5) is 0 Å². The number of benzene rings is 1. The Hall–Kier alpha value is -0.570. The van der Waals surface area contributed by atoms with E-state index < -0.39 is 0 Å². The van der Waals surface area contributed by atoms with Crippen LogP contribution in [0, 0.1) is 5.92 Å². The van der Waals surface area contributed by atoms with Gasteiger partial charge in [0.15, 0.2) is 0 Å². The minimum atomic E-state index is -0.0202. The molecule has 3 heteroatoms. The van der Waals surface area contributed by atoms with Crippen molar-refractivity contribution in [2.24, 2.45) is 11.7 Å². The van der Waals surface area contributed by atoms with Crippen molar-refractivity contribution in [1.29, 1.82) is 0 Å². The molecule has 0 spiro atoms. The Morgan fingerprint density at radius 1 is 1.42 bits per heavy atom. The maximum absolute atomic E-state index is 6.57. The zero-order valence-corrected chi connectivity index (χ0v) is 12.8. The van der Waals surface area contributed by atoms with Gasteiger partial charge in [-0.15, -0.1) is 0 Å². The molecule has 0 amide bonds. The third-order valence-electron chi connectivity index (χ3n) is 4.11. The Labute approximate surface area is 121 Å². The average Bonchev–Trinajstić information content (AvgIpc) is 2.31. The summed E-state index contributed by atoms with van der Waals surface area (Å²) >= 11 is 6.21. The van der Waals surface area contributed by atoms with Crippen LogP contribution < -0.4 is 5.73 Å². The van der Waals surface area contributed by atoms with E-state index in [4.69, 9.17) is 17.3 Å². The number of halogens is 1. The van der Waals surface area contributed by atoms with Crippen LogP contribution in [-0.2, 0) is 6.54 Å². The predicted octanol–water partition coefficient (Wildman–Crippen LogP) is 3.68. The summed E-state index contributed by atoms with van der Waals surface area (Å²) in [5.41, 5.74) is 7.73. The molecule has 1 aromatic carbocycles. The summed E-state index contributed by atoms with van der Waals surface area (Å²) in [6.45, 7) is 4.13. The van der Waals surface area contributed by atoms with Crippen molar-refractivity contribution in [2.45, 2.75) is 44.7 Å². The van der Waals surface area contributed by atoms with Crippen molar-refractivity contribution in [3.05, 3.63) is 34.9 Å². The lowest BCUT2D eigenvalue weighted by atomic mass is 9.77. The maximum atomic E-state index is 6.57. The van der Waals surface area contributed by atoms with Crippen LogP contribution in [0.15, 0.2) is 24.3 Å². The van der Waals surface area contributed by atoms with Crippen LogP contribution in [-0.4, -0.2) is 24.0 Å². The Kier molecular flexibility index (Phi) is 4.88. The molecular weight excluding hydrogens is 256 g/mol. The minimum absolute atomic E-state index is 0.0202. The van der Waals surface area contributed by atoms with Crippen LogP contribution in [0.2, 0.25) is 5.02 Å². The number of rotatable bonds is 4. The first-order chi connectivity index (χ1) is 8.98. The number of nitrogens with two attached hydrogens (primary N) is 1. The van der Waals surface area contributed by atoms with Crippen LogP contribution in [0.3, 0.4) is 0 Å². The number of likely N-dealkylation sites (N-methyl/N-ethyl adjacent to an activating group) is 1. The van der Waals surface area contributed by atoms with Crippen molar-refractivity contribution in [1.82, 2.24) is 4.90 Å². The molecule has 1 aliphatic carbocycles. The van der Waals surface area contributed by atoms with Crippen molar-refractivity contribution < 1.29 is 0 Å². The van der Waals surface area contributed by atoms with Gasteiger partial charge in [0.25, 0.3) is 0 Å². The summed E-state index contributed by atoms with van der Waals surface area (Å²) in [6, 6.07) is 8.05. The van der Waals surface area contributed by atoms with Gasteiger partial charge < -0.3 is 10.6 Å². The molecule has 1 aromatic rings. The molecule has 0 saturated heterocycles. The van der Waals surface area contributed by atoms with Gasteiger partial charge in [-0.25, -0.2) is 0 Å². The highest BCUT2D eigenvalue weighted by molar-refractivity contribution is 6.31. The van der Waals surface area contributed by atoms with Crippen molar-refractivity contribution >= 4 is 11.6 Å². The molecule has 19 heavy (non-hydrogen) atoms. The second-order valence-electron chi connectivity index (χ2n) is 6.33. The van der Waals surface area contributed by atoms with E-state index in [2.05, 4.69) is 24.9 Å². The fourth-order valence-electron chi connectivity index (χ4n) is 3.36. The summed E-state index contributed by atoms with van der Waals surface area (Å²) in [5.74, 6) is 0.757. The monoisotopic (exact) mass is 280 g/mol. The van der Waals surface area contributed by atoms with Crippen LogP contribution >= 0.6 is 11.6 Å². The number of nitrogens with zero attached hydrogens (tertiary/aromatic N) is 1. The molecule has 0 aliphatic heterocycles. The highest BCUT2D eigenvalue weighted by atomic mass is 35.5. The molecule has 2 atom stereocenters. The lowest BCUT2D eigenvalue weighted by Crippen LogP contribution is -2.51. The van der Waals surface area contributed by atoms with E-state index in [0.29, 0.717) is 0 Å². The smallest absolute Gasteiger partial charge is 0.0451 e. The molecule has 106 valence electrons. The number of hydrogen-bond donors (Lipinski definition) is 1. The topological polar surface area (TPSA) is 29.3 Å². The van der Waals surface area contributed by atoms with Gasteiger partial charge in [-0.2, -0.15) is 0 Å². The minimum Gasteiger partial charge on any atom is -0.324 e. The van der Waals surface area contributed by atoms with Crippen molar-refractivity contribution in [2.75, 3.05) is 13.6 Å². The molecule has 0 radical (unpaired) electrons. The second kappa shape index (κ2) is 6.25. The Morgan fingerprint density at radius 2 is 2.16 bits per heavy atom. The van der Waals surface area contributed by atoms with E-state index in [-0.39, 0.29) is 5.54 Å². The molecular formula is C16H25ClN2. The highest BCUT2D eigenvalue weighted by Crippen LogP contribution is 2.31. The van der Waals surface area contributed by atoms with E-state index in [1.54, 1.807) is 0 Å². The average molecular weight is 281 g/mol.